The van der Waals surface area contributed by atoms with Crippen LogP contribution in [0.25, 0.3) is 0 Å². The molecule has 2 aliphatic rings. The van der Waals surface area contributed by atoms with Crippen molar-refractivity contribution in [3.63, 3.8) is 0 Å². The number of carbonyl (C=O) groups is 2. The number of nitrogens with zero attached hydrogens (tertiary/aromatic N) is 3. The van der Waals surface area contributed by atoms with Gasteiger partial charge in [-0.2, -0.15) is 0 Å². The average Bonchev–Trinajstić information content (AvgIpc) is 3.02. The van der Waals surface area contributed by atoms with E-state index in [1.807, 2.05) is 39.0 Å². The Balaban J connectivity index is 1.73. The summed E-state index contributed by atoms with van der Waals surface area (Å²) >= 11 is 0. The second kappa shape index (κ2) is 7.83. The highest BCUT2D eigenvalue weighted by molar-refractivity contribution is 7.89. The topological polar surface area (TPSA) is 113 Å². The lowest BCUT2D eigenvalue weighted by atomic mass is 10.2. The van der Waals surface area contributed by atoms with Gasteiger partial charge >= 0.3 is 6.09 Å². The van der Waals surface area contributed by atoms with Gasteiger partial charge < -0.3 is 19.4 Å². The first-order valence-corrected chi connectivity index (χ1v) is 11.2. The van der Waals surface area contributed by atoms with Crippen LogP contribution in [0.2, 0.25) is 0 Å². The Morgan fingerprint density at radius 1 is 1.10 bits per heavy atom. The number of piperazine rings is 1. The number of benzene rings is 1. The minimum Gasteiger partial charge on any atom is -0.444 e. The van der Waals surface area contributed by atoms with Gasteiger partial charge in [-0.1, -0.05) is 12.1 Å². The highest BCUT2D eigenvalue weighted by Gasteiger charge is 2.38. The van der Waals surface area contributed by atoms with Crippen LogP contribution in [-0.4, -0.2) is 68.9 Å². The molecular weight excluding hydrogens is 396 g/mol. The zero-order valence-electron chi connectivity index (χ0n) is 17.0. The van der Waals surface area contributed by atoms with Gasteiger partial charge in [0.05, 0.1) is 11.4 Å². The lowest BCUT2D eigenvalue weighted by Crippen LogP contribution is -2.50. The molecule has 29 heavy (non-hydrogen) atoms. The molecular formula is C19H28N4O5S. The standard InChI is InChI=1S/C19H28N4O5S/c1-19(2,3)28-18(25)22-10-8-21(9-11-22)15-6-4-5-7-16(15)23-13-14(12-17(23)24)29(20,26)27/h4-7,14H,8-13H2,1-3H3,(H2,20,26,27). The third-order valence-corrected chi connectivity index (χ3v) is 6.24. The third-order valence-electron chi connectivity index (χ3n) is 5.00. The molecule has 1 unspecified atom stereocenters. The molecule has 0 aromatic heterocycles. The Hall–Kier alpha value is -2.33. The zero-order valence-corrected chi connectivity index (χ0v) is 17.8. The van der Waals surface area contributed by atoms with E-state index in [0.29, 0.717) is 31.9 Å². The number of anilines is 2. The fraction of sp³-hybridized carbons (Fsp3) is 0.579. The van der Waals surface area contributed by atoms with Crippen molar-refractivity contribution in [1.82, 2.24) is 4.90 Å². The van der Waals surface area contributed by atoms with Crippen LogP contribution in [0.4, 0.5) is 16.2 Å². The Morgan fingerprint density at radius 2 is 1.69 bits per heavy atom. The summed E-state index contributed by atoms with van der Waals surface area (Å²) in [7, 11) is -3.78. The molecule has 3 rings (SSSR count). The van der Waals surface area contributed by atoms with Crippen LogP contribution in [0.3, 0.4) is 0 Å². The number of para-hydroxylation sites is 2. The maximum absolute atomic E-state index is 12.5. The van der Waals surface area contributed by atoms with Crippen molar-refractivity contribution >= 4 is 33.4 Å². The van der Waals surface area contributed by atoms with Crippen LogP contribution in [0.15, 0.2) is 24.3 Å². The zero-order chi connectivity index (χ0) is 21.4. The number of ether oxygens (including phenoxy) is 1. The number of nitrogens with two attached hydrogens (primary N) is 1. The molecule has 2 N–H and O–H groups in total. The minimum absolute atomic E-state index is 0.0482. The first kappa shape index (κ1) is 21.4. The maximum Gasteiger partial charge on any atom is 0.410 e. The molecule has 160 valence electrons. The van der Waals surface area contributed by atoms with Crippen LogP contribution in [0, 0.1) is 0 Å². The monoisotopic (exact) mass is 424 g/mol. The molecule has 1 aromatic carbocycles. The van der Waals surface area contributed by atoms with Gasteiger partial charge in [-0.3, -0.25) is 4.79 Å². The summed E-state index contributed by atoms with van der Waals surface area (Å²) in [5, 5.41) is 4.35. The first-order valence-electron chi connectivity index (χ1n) is 9.59. The predicted molar refractivity (Wildman–Crippen MR) is 110 cm³/mol. The molecule has 0 radical (unpaired) electrons. The van der Waals surface area contributed by atoms with Crippen LogP contribution >= 0.6 is 0 Å². The highest BCUT2D eigenvalue weighted by Crippen LogP contribution is 2.34. The number of primary sulfonamides is 1. The van der Waals surface area contributed by atoms with Crippen molar-refractivity contribution in [2.24, 2.45) is 5.14 Å². The van der Waals surface area contributed by atoms with Gasteiger partial charge in [0.1, 0.15) is 10.9 Å². The fourth-order valence-corrected chi connectivity index (χ4v) is 4.28. The van der Waals surface area contributed by atoms with Crippen LogP contribution in [-0.2, 0) is 19.6 Å². The lowest BCUT2D eigenvalue weighted by Gasteiger charge is -2.38. The molecule has 2 heterocycles. The molecule has 10 heteroatoms. The molecule has 2 saturated heterocycles. The second-order valence-electron chi connectivity index (χ2n) is 8.36. The van der Waals surface area contributed by atoms with E-state index in [-0.39, 0.29) is 25.0 Å². The summed E-state index contributed by atoms with van der Waals surface area (Å²) in [4.78, 5) is 30.0. The van der Waals surface area contributed by atoms with Gasteiger partial charge in [-0.05, 0) is 32.9 Å². The quantitative estimate of drug-likeness (QED) is 0.778. The number of hydrogen-bond acceptors (Lipinski definition) is 6. The van der Waals surface area contributed by atoms with E-state index < -0.39 is 20.9 Å². The first-order chi connectivity index (χ1) is 13.5. The van der Waals surface area contributed by atoms with Crippen LogP contribution < -0.4 is 14.9 Å². The van der Waals surface area contributed by atoms with Gasteiger partial charge in [0.15, 0.2) is 0 Å². The van der Waals surface area contributed by atoms with Gasteiger partial charge in [0.2, 0.25) is 15.9 Å². The van der Waals surface area contributed by atoms with Crippen molar-refractivity contribution in [3.05, 3.63) is 24.3 Å². The van der Waals surface area contributed by atoms with Gasteiger partial charge in [0.25, 0.3) is 0 Å². The van der Waals surface area contributed by atoms with E-state index in [1.165, 1.54) is 4.90 Å². The van der Waals surface area contributed by atoms with Crippen LogP contribution in [0.5, 0.6) is 0 Å². The lowest BCUT2D eigenvalue weighted by molar-refractivity contribution is -0.117. The van der Waals surface area contributed by atoms with Crippen molar-refractivity contribution in [2.75, 3.05) is 42.5 Å². The van der Waals surface area contributed by atoms with Gasteiger partial charge in [0, 0.05) is 39.1 Å². The molecule has 0 spiro atoms. The van der Waals surface area contributed by atoms with E-state index in [1.54, 1.807) is 11.0 Å². The van der Waals surface area contributed by atoms with Crippen molar-refractivity contribution in [2.45, 2.75) is 38.0 Å². The molecule has 1 aromatic rings. The fourth-order valence-electron chi connectivity index (χ4n) is 3.54. The molecule has 0 bridgehead atoms. The molecule has 2 fully saturated rings. The van der Waals surface area contributed by atoms with E-state index >= 15 is 0 Å². The van der Waals surface area contributed by atoms with Crippen molar-refractivity contribution < 1.29 is 22.7 Å². The summed E-state index contributed by atoms with van der Waals surface area (Å²) in [5.74, 6) is -0.260. The van der Waals surface area contributed by atoms with E-state index in [0.717, 1.165) is 5.69 Å². The molecule has 1 atom stereocenters. The number of rotatable bonds is 3. The summed E-state index contributed by atoms with van der Waals surface area (Å²) in [6, 6.07) is 7.39. The van der Waals surface area contributed by atoms with E-state index in [4.69, 9.17) is 9.88 Å². The van der Waals surface area contributed by atoms with Gasteiger partial charge in [-0.15, -0.1) is 0 Å². The number of hydrogen-bond donors (Lipinski definition) is 1. The minimum atomic E-state index is -3.78. The SMILES string of the molecule is CC(C)(C)OC(=O)N1CCN(c2ccccc2N2CC(S(N)(=O)=O)CC2=O)CC1. The Kier molecular flexibility index (Phi) is 5.77. The summed E-state index contributed by atoms with van der Waals surface area (Å²) in [6.45, 7) is 7.70. The van der Waals surface area contributed by atoms with Gasteiger partial charge in [-0.25, -0.2) is 18.4 Å². The maximum atomic E-state index is 12.5. The van der Waals surface area contributed by atoms with Crippen molar-refractivity contribution in [3.8, 4) is 0 Å². The van der Waals surface area contributed by atoms with E-state index in [9.17, 15) is 18.0 Å². The molecule has 0 aliphatic carbocycles. The molecule has 0 saturated carbocycles. The second-order valence-corrected chi connectivity index (χ2v) is 10.2. The van der Waals surface area contributed by atoms with Crippen LogP contribution in [0.1, 0.15) is 27.2 Å². The van der Waals surface area contributed by atoms with Crippen molar-refractivity contribution in [1.29, 1.82) is 0 Å². The molecule has 9 nitrogen and oxygen atoms in total. The predicted octanol–water partition coefficient (Wildman–Crippen LogP) is 1.14. The number of sulfonamides is 1. The van der Waals surface area contributed by atoms with E-state index in [2.05, 4.69) is 4.90 Å². The average molecular weight is 425 g/mol. The smallest absolute Gasteiger partial charge is 0.410 e. The summed E-state index contributed by atoms with van der Waals surface area (Å²) in [5.41, 5.74) is 0.950. The Bertz CT molecular complexity index is 888. The number of amides is 2. The highest BCUT2D eigenvalue weighted by atomic mass is 32.2. The molecule has 2 aliphatic heterocycles. The largest absolute Gasteiger partial charge is 0.444 e. The molecule has 2 amide bonds. The Labute approximate surface area is 171 Å². The summed E-state index contributed by atoms with van der Waals surface area (Å²) < 4.78 is 28.8. The third kappa shape index (κ3) is 4.99. The number of carbonyl (C=O) groups excluding carboxylic acids is 2. The summed E-state index contributed by atoms with van der Waals surface area (Å²) in [6.07, 6.45) is -0.448. The normalized spacial score (nSPS) is 20.9. The Morgan fingerprint density at radius 3 is 2.21 bits per heavy atom.